The van der Waals surface area contributed by atoms with E-state index in [1.807, 2.05) is 66.9 Å². The van der Waals surface area contributed by atoms with Crippen molar-refractivity contribution in [1.82, 2.24) is 14.5 Å². The maximum atomic E-state index is 11.4. The molecule has 30 heavy (non-hydrogen) atoms. The lowest BCUT2D eigenvalue weighted by Gasteiger charge is -2.22. The molecule has 7 heteroatoms. The van der Waals surface area contributed by atoms with E-state index < -0.39 is 5.91 Å². The number of rotatable bonds is 7. The quantitative estimate of drug-likeness (QED) is 0.508. The fourth-order valence-electron chi connectivity index (χ4n) is 3.07. The van der Waals surface area contributed by atoms with Gasteiger partial charge in [-0.2, -0.15) is 0 Å². The number of amides is 1. The summed E-state index contributed by atoms with van der Waals surface area (Å²) in [6.45, 7) is 3.91. The molecule has 0 aliphatic rings. The normalized spacial score (nSPS) is 13.0. The number of primary amides is 1. The van der Waals surface area contributed by atoms with Crippen LogP contribution in [0.4, 0.5) is 0 Å². The first-order valence-electron chi connectivity index (χ1n) is 9.63. The van der Waals surface area contributed by atoms with Gasteiger partial charge in [0.2, 0.25) is 11.8 Å². The Morgan fingerprint density at radius 2 is 1.73 bits per heavy atom. The lowest BCUT2D eigenvalue weighted by molar-refractivity contribution is 0.0746. The van der Waals surface area contributed by atoms with Crippen LogP contribution in [0.15, 0.2) is 73.2 Å². The number of nitrogens with zero attached hydrogens (tertiary/aromatic N) is 3. The van der Waals surface area contributed by atoms with Gasteiger partial charge in [0.1, 0.15) is 24.3 Å². The van der Waals surface area contributed by atoms with Crippen LogP contribution < -0.4 is 15.2 Å². The highest BCUT2D eigenvalue weighted by molar-refractivity contribution is 5.96. The van der Waals surface area contributed by atoms with Crippen molar-refractivity contribution in [2.24, 2.45) is 5.73 Å². The van der Waals surface area contributed by atoms with Crippen molar-refractivity contribution in [3.63, 3.8) is 0 Å². The van der Waals surface area contributed by atoms with Crippen molar-refractivity contribution in [2.45, 2.75) is 26.1 Å². The van der Waals surface area contributed by atoms with Crippen molar-refractivity contribution < 1.29 is 14.3 Å². The minimum absolute atomic E-state index is 0.167. The predicted molar refractivity (Wildman–Crippen MR) is 114 cm³/mol. The van der Waals surface area contributed by atoms with Crippen LogP contribution in [0.1, 0.15) is 24.2 Å². The molecule has 2 aromatic carbocycles. The van der Waals surface area contributed by atoms with Crippen LogP contribution in [-0.4, -0.2) is 32.7 Å². The van der Waals surface area contributed by atoms with Crippen molar-refractivity contribution in [2.75, 3.05) is 0 Å². The molecule has 2 unspecified atom stereocenters. The lowest BCUT2D eigenvalue weighted by atomic mass is 10.2. The number of nitrogens with two attached hydrogens (primary N) is 1. The molecule has 4 aromatic rings. The predicted octanol–water partition coefficient (Wildman–Crippen LogP) is 3.75. The van der Waals surface area contributed by atoms with E-state index in [1.54, 1.807) is 24.7 Å². The fraction of sp³-hybridized carbons (Fsp3) is 0.174. The van der Waals surface area contributed by atoms with E-state index >= 15 is 0 Å². The molecule has 2 aromatic heterocycles. The van der Waals surface area contributed by atoms with Gasteiger partial charge in [0, 0.05) is 23.5 Å². The number of fused-ring (bicyclic) bond motifs is 1. The van der Waals surface area contributed by atoms with E-state index in [-0.39, 0.29) is 12.2 Å². The van der Waals surface area contributed by atoms with Gasteiger partial charge in [0.25, 0.3) is 0 Å². The Morgan fingerprint density at radius 1 is 0.967 bits per heavy atom. The summed E-state index contributed by atoms with van der Waals surface area (Å²) in [6.07, 6.45) is 3.08. The monoisotopic (exact) mass is 402 g/mol. The average molecular weight is 402 g/mol. The zero-order valence-corrected chi connectivity index (χ0v) is 16.7. The largest absolute Gasteiger partial charge is 0.487 e. The van der Waals surface area contributed by atoms with Crippen LogP contribution in [0, 0.1) is 0 Å². The highest BCUT2D eigenvalue weighted by atomic mass is 16.5. The number of hydrogen-bond acceptors (Lipinski definition) is 5. The first-order chi connectivity index (χ1) is 14.5. The second-order valence-electron chi connectivity index (χ2n) is 6.99. The summed E-state index contributed by atoms with van der Waals surface area (Å²) in [6, 6.07) is 18.5. The van der Waals surface area contributed by atoms with Gasteiger partial charge < -0.3 is 15.2 Å². The highest BCUT2D eigenvalue weighted by Gasteiger charge is 2.16. The van der Waals surface area contributed by atoms with E-state index in [0.717, 1.165) is 17.0 Å². The van der Waals surface area contributed by atoms with Gasteiger partial charge >= 0.3 is 0 Å². The van der Waals surface area contributed by atoms with E-state index in [4.69, 9.17) is 15.2 Å². The molecule has 1 amide bonds. The Balaban J connectivity index is 1.46. The molecule has 152 valence electrons. The number of pyridine rings is 1. The number of carbonyl (C=O) groups is 1. The van der Waals surface area contributed by atoms with Crippen LogP contribution in [0.3, 0.4) is 0 Å². The zero-order chi connectivity index (χ0) is 21.1. The molecule has 0 aliphatic heterocycles. The van der Waals surface area contributed by atoms with E-state index in [1.165, 1.54) is 0 Å². The number of benzene rings is 2. The first-order valence-corrected chi connectivity index (χ1v) is 9.63. The van der Waals surface area contributed by atoms with Crippen LogP contribution >= 0.6 is 0 Å². The molecule has 4 rings (SSSR count). The molecule has 2 N–H and O–H groups in total. The summed E-state index contributed by atoms with van der Waals surface area (Å²) in [5, 5.41) is 0. The third-order valence-corrected chi connectivity index (χ3v) is 4.87. The summed E-state index contributed by atoms with van der Waals surface area (Å²) in [5.41, 5.74) is 8.31. The first kappa shape index (κ1) is 19.4. The summed E-state index contributed by atoms with van der Waals surface area (Å²) < 4.78 is 13.8. The molecular formula is C23H22N4O3. The number of aromatic nitrogens is 3. The van der Waals surface area contributed by atoms with Crippen LogP contribution in [0.25, 0.3) is 16.7 Å². The summed E-state index contributed by atoms with van der Waals surface area (Å²) >= 11 is 0. The molecule has 0 saturated carbocycles. The average Bonchev–Trinajstić information content (AvgIpc) is 3.18. The van der Waals surface area contributed by atoms with E-state index in [0.29, 0.717) is 17.0 Å². The molecule has 0 bridgehead atoms. The number of carbonyl (C=O) groups excluding carboxylic acids is 1. The standard InChI is InChI=1S/C23H22N4O3/c1-15(16(2)30-22-5-3-4-12-25-22)29-19-9-7-18(8-10-19)27-14-26-20-13-17(23(24)28)6-11-21(20)27/h3-16H,1-2H3,(H2,24,28). The molecule has 2 heterocycles. The van der Waals surface area contributed by atoms with Crippen molar-refractivity contribution >= 4 is 16.9 Å². The number of hydrogen-bond donors (Lipinski definition) is 1. The Bertz CT molecular complexity index is 1160. The number of ether oxygens (including phenoxy) is 2. The highest BCUT2D eigenvalue weighted by Crippen LogP contribution is 2.23. The Kier molecular flexibility index (Phi) is 5.34. The van der Waals surface area contributed by atoms with Gasteiger partial charge in [0.15, 0.2) is 0 Å². The molecule has 0 radical (unpaired) electrons. The van der Waals surface area contributed by atoms with E-state index in [9.17, 15) is 4.79 Å². The van der Waals surface area contributed by atoms with Gasteiger partial charge in [0.05, 0.1) is 11.0 Å². The number of imidazole rings is 1. The Morgan fingerprint density at radius 3 is 2.43 bits per heavy atom. The minimum Gasteiger partial charge on any atom is -0.487 e. The molecular weight excluding hydrogens is 380 g/mol. The van der Waals surface area contributed by atoms with Gasteiger partial charge in [-0.05, 0) is 62.4 Å². The lowest BCUT2D eigenvalue weighted by Crippen LogP contribution is -2.31. The second-order valence-corrected chi connectivity index (χ2v) is 6.99. The Labute approximate surface area is 174 Å². The molecule has 0 aliphatic carbocycles. The van der Waals surface area contributed by atoms with Gasteiger partial charge in [-0.1, -0.05) is 6.07 Å². The van der Waals surface area contributed by atoms with Gasteiger partial charge in [-0.15, -0.1) is 0 Å². The fourth-order valence-corrected chi connectivity index (χ4v) is 3.07. The van der Waals surface area contributed by atoms with Gasteiger partial charge in [-0.25, -0.2) is 9.97 Å². The second kappa shape index (κ2) is 8.24. The zero-order valence-electron chi connectivity index (χ0n) is 16.7. The topological polar surface area (TPSA) is 92.3 Å². The summed E-state index contributed by atoms with van der Waals surface area (Å²) in [7, 11) is 0. The van der Waals surface area contributed by atoms with Crippen LogP contribution in [-0.2, 0) is 0 Å². The molecule has 7 nitrogen and oxygen atoms in total. The van der Waals surface area contributed by atoms with Crippen molar-refractivity contribution in [1.29, 1.82) is 0 Å². The third-order valence-electron chi connectivity index (χ3n) is 4.87. The molecule has 0 fully saturated rings. The summed E-state index contributed by atoms with van der Waals surface area (Å²) in [5.74, 6) is 0.841. The van der Waals surface area contributed by atoms with Crippen LogP contribution in [0.5, 0.6) is 11.6 Å². The third kappa shape index (κ3) is 4.10. The van der Waals surface area contributed by atoms with Gasteiger partial charge in [-0.3, -0.25) is 9.36 Å². The minimum atomic E-state index is -0.469. The SMILES string of the molecule is CC(Oc1ccc(-n2cnc3cc(C(N)=O)ccc32)cc1)C(C)Oc1ccccn1. The smallest absolute Gasteiger partial charge is 0.248 e. The maximum absolute atomic E-state index is 11.4. The van der Waals surface area contributed by atoms with Crippen molar-refractivity contribution in [3.8, 4) is 17.3 Å². The van der Waals surface area contributed by atoms with E-state index in [2.05, 4.69) is 9.97 Å². The Hall–Kier alpha value is -3.87. The van der Waals surface area contributed by atoms with Crippen LogP contribution in [0.2, 0.25) is 0 Å². The molecule has 0 spiro atoms. The maximum Gasteiger partial charge on any atom is 0.248 e. The molecule has 0 saturated heterocycles. The summed E-state index contributed by atoms with van der Waals surface area (Å²) in [4.78, 5) is 19.9. The molecule has 2 atom stereocenters. The van der Waals surface area contributed by atoms with Crippen molar-refractivity contribution in [3.05, 3.63) is 78.8 Å².